The quantitative estimate of drug-likeness (QED) is 0.759. The van der Waals surface area contributed by atoms with Gasteiger partial charge in [0.1, 0.15) is 0 Å². The maximum atomic E-state index is 11.5. The van der Waals surface area contributed by atoms with Gasteiger partial charge in [0.05, 0.1) is 12.2 Å². The molecule has 0 spiro atoms. The van der Waals surface area contributed by atoms with E-state index < -0.39 is 0 Å². The summed E-state index contributed by atoms with van der Waals surface area (Å²) in [6.07, 6.45) is 3.82. The molecule has 0 aliphatic rings. The Labute approximate surface area is 141 Å². The SMILES string of the molecule is CNC(=O)c1ccc(Cn2cc(CCc3ccccc3)nn2)cc1. The summed E-state index contributed by atoms with van der Waals surface area (Å²) in [4.78, 5) is 11.5. The van der Waals surface area contributed by atoms with Crippen LogP contribution >= 0.6 is 0 Å². The lowest BCUT2D eigenvalue weighted by Gasteiger charge is -2.03. The highest BCUT2D eigenvalue weighted by molar-refractivity contribution is 5.93. The maximum absolute atomic E-state index is 11.5. The van der Waals surface area contributed by atoms with E-state index in [0.717, 1.165) is 24.1 Å². The number of aryl methyl sites for hydroxylation is 2. The summed E-state index contributed by atoms with van der Waals surface area (Å²) >= 11 is 0. The van der Waals surface area contributed by atoms with Crippen molar-refractivity contribution < 1.29 is 4.79 Å². The second-order valence-electron chi connectivity index (χ2n) is 5.67. The lowest BCUT2D eigenvalue weighted by atomic mass is 10.1. The molecule has 0 aliphatic heterocycles. The summed E-state index contributed by atoms with van der Waals surface area (Å²) in [5, 5.41) is 11.0. The molecule has 5 heteroatoms. The van der Waals surface area contributed by atoms with Crippen molar-refractivity contribution in [3.63, 3.8) is 0 Å². The van der Waals surface area contributed by atoms with Crippen LogP contribution in [0.2, 0.25) is 0 Å². The van der Waals surface area contributed by atoms with E-state index in [9.17, 15) is 4.79 Å². The van der Waals surface area contributed by atoms with Crippen molar-refractivity contribution >= 4 is 5.91 Å². The monoisotopic (exact) mass is 320 g/mol. The molecule has 2 aromatic carbocycles. The van der Waals surface area contributed by atoms with Gasteiger partial charge in [-0.05, 0) is 36.1 Å². The number of aromatic nitrogens is 3. The topological polar surface area (TPSA) is 59.8 Å². The first-order valence-corrected chi connectivity index (χ1v) is 7.98. The molecule has 122 valence electrons. The Bertz CT molecular complexity index is 794. The third kappa shape index (κ3) is 4.07. The molecule has 1 heterocycles. The fraction of sp³-hybridized carbons (Fsp3) is 0.211. The molecule has 0 radical (unpaired) electrons. The average molecular weight is 320 g/mol. The minimum absolute atomic E-state index is 0.0782. The van der Waals surface area contributed by atoms with Crippen LogP contribution in [-0.2, 0) is 19.4 Å². The second-order valence-corrected chi connectivity index (χ2v) is 5.67. The number of hydrogen-bond donors (Lipinski definition) is 1. The molecule has 0 saturated carbocycles. The Morgan fingerprint density at radius 3 is 2.46 bits per heavy atom. The van der Waals surface area contributed by atoms with Crippen LogP contribution in [0.25, 0.3) is 0 Å². The van der Waals surface area contributed by atoms with Gasteiger partial charge in [-0.2, -0.15) is 0 Å². The number of nitrogens with one attached hydrogen (secondary N) is 1. The van der Waals surface area contributed by atoms with E-state index in [-0.39, 0.29) is 5.91 Å². The van der Waals surface area contributed by atoms with E-state index in [0.29, 0.717) is 12.1 Å². The Morgan fingerprint density at radius 1 is 1.00 bits per heavy atom. The van der Waals surface area contributed by atoms with Crippen LogP contribution in [0.5, 0.6) is 0 Å². The van der Waals surface area contributed by atoms with Crippen LogP contribution in [0.1, 0.15) is 27.2 Å². The molecule has 5 nitrogen and oxygen atoms in total. The average Bonchev–Trinajstić information content (AvgIpc) is 3.08. The summed E-state index contributed by atoms with van der Waals surface area (Å²) in [7, 11) is 1.63. The van der Waals surface area contributed by atoms with Gasteiger partial charge < -0.3 is 5.32 Å². The van der Waals surface area contributed by atoms with Crippen LogP contribution in [0, 0.1) is 0 Å². The van der Waals surface area contributed by atoms with Gasteiger partial charge in [-0.3, -0.25) is 4.79 Å². The highest BCUT2D eigenvalue weighted by Gasteiger charge is 2.05. The molecular formula is C19H20N4O. The number of carbonyl (C=O) groups is 1. The predicted octanol–water partition coefficient (Wildman–Crippen LogP) is 2.47. The van der Waals surface area contributed by atoms with Gasteiger partial charge in [0.25, 0.3) is 5.91 Å². The molecule has 0 fully saturated rings. The van der Waals surface area contributed by atoms with Crippen molar-refractivity contribution in [3.8, 4) is 0 Å². The zero-order valence-corrected chi connectivity index (χ0v) is 13.6. The van der Waals surface area contributed by atoms with E-state index in [4.69, 9.17) is 0 Å². The third-order valence-corrected chi connectivity index (χ3v) is 3.89. The molecule has 3 aromatic rings. The van der Waals surface area contributed by atoms with Gasteiger partial charge in [0, 0.05) is 18.8 Å². The van der Waals surface area contributed by atoms with Gasteiger partial charge >= 0.3 is 0 Å². The molecular weight excluding hydrogens is 300 g/mol. The summed E-state index contributed by atoms with van der Waals surface area (Å²) in [6.45, 7) is 0.645. The Hall–Kier alpha value is -2.95. The van der Waals surface area contributed by atoms with E-state index in [1.807, 2.05) is 41.2 Å². The Balaban J connectivity index is 1.58. The standard InChI is InChI=1S/C19H20N4O/c1-20-19(24)17-10-7-16(8-11-17)13-23-14-18(21-22-23)12-9-15-5-3-2-4-6-15/h2-8,10-11,14H,9,12-13H2,1H3,(H,20,24). The Kier molecular flexibility index (Phi) is 5.01. The molecule has 1 aromatic heterocycles. The molecule has 1 amide bonds. The number of carbonyl (C=O) groups excluding carboxylic acids is 1. The molecule has 24 heavy (non-hydrogen) atoms. The predicted molar refractivity (Wildman–Crippen MR) is 92.8 cm³/mol. The second kappa shape index (κ2) is 7.55. The van der Waals surface area contributed by atoms with Crippen LogP contribution in [0.4, 0.5) is 0 Å². The fourth-order valence-electron chi connectivity index (χ4n) is 2.54. The molecule has 1 N–H and O–H groups in total. The summed E-state index contributed by atoms with van der Waals surface area (Å²) in [5.74, 6) is -0.0782. The molecule has 0 unspecified atom stereocenters. The molecule has 0 aliphatic carbocycles. The first-order valence-electron chi connectivity index (χ1n) is 7.98. The normalized spacial score (nSPS) is 10.5. The molecule has 0 saturated heterocycles. The van der Waals surface area contributed by atoms with Gasteiger partial charge in [-0.15, -0.1) is 5.10 Å². The molecule has 3 rings (SSSR count). The highest BCUT2D eigenvalue weighted by Crippen LogP contribution is 2.08. The summed E-state index contributed by atoms with van der Waals surface area (Å²) in [5.41, 5.74) is 4.03. The Morgan fingerprint density at radius 2 is 1.75 bits per heavy atom. The first kappa shape index (κ1) is 15.9. The van der Waals surface area contributed by atoms with Gasteiger partial charge in [0.2, 0.25) is 0 Å². The highest BCUT2D eigenvalue weighted by atomic mass is 16.1. The maximum Gasteiger partial charge on any atom is 0.251 e. The van der Waals surface area contributed by atoms with E-state index in [1.54, 1.807) is 7.05 Å². The number of benzene rings is 2. The molecule has 0 atom stereocenters. The minimum atomic E-state index is -0.0782. The van der Waals surface area contributed by atoms with Gasteiger partial charge in [-0.25, -0.2) is 4.68 Å². The molecule has 0 bridgehead atoms. The third-order valence-electron chi connectivity index (χ3n) is 3.89. The van der Waals surface area contributed by atoms with Gasteiger partial charge in [-0.1, -0.05) is 47.7 Å². The van der Waals surface area contributed by atoms with Crippen molar-refractivity contribution in [2.45, 2.75) is 19.4 Å². The lowest BCUT2D eigenvalue weighted by Crippen LogP contribution is -2.17. The summed E-state index contributed by atoms with van der Waals surface area (Å²) < 4.78 is 1.83. The van der Waals surface area contributed by atoms with Crippen LogP contribution in [0.15, 0.2) is 60.8 Å². The van der Waals surface area contributed by atoms with Gasteiger partial charge in [0.15, 0.2) is 0 Å². The van der Waals surface area contributed by atoms with Crippen molar-refractivity contribution in [1.29, 1.82) is 0 Å². The smallest absolute Gasteiger partial charge is 0.251 e. The minimum Gasteiger partial charge on any atom is -0.355 e. The van der Waals surface area contributed by atoms with Crippen LogP contribution < -0.4 is 5.32 Å². The van der Waals surface area contributed by atoms with Crippen molar-refractivity contribution in [1.82, 2.24) is 20.3 Å². The van der Waals surface area contributed by atoms with Crippen LogP contribution in [0.3, 0.4) is 0 Å². The first-order chi connectivity index (χ1) is 11.7. The fourth-order valence-corrected chi connectivity index (χ4v) is 2.54. The number of amides is 1. The largest absolute Gasteiger partial charge is 0.355 e. The zero-order chi connectivity index (χ0) is 16.8. The van der Waals surface area contributed by atoms with Crippen molar-refractivity contribution in [3.05, 3.63) is 83.2 Å². The zero-order valence-electron chi connectivity index (χ0n) is 13.6. The number of nitrogens with zero attached hydrogens (tertiary/aromatic N) is 3. The van der Waals surface area contributed by atoms with E-state index in [2.05, 4.69) is 39.9 Å². The summed E-state index contributed by atoms with van der Waals surface area (Å²) in [6, 6.07) is 17.9. The van der Waals surface area contributed by atoms with Crippen molar-refractivity contribution in [2.24, 2.45) is 0 Å². The van der Waals surface area contributed by atoms with E-state index >= 15 is 0 Å². The number of hydrogen-bond acceptors (Lipinski definition) is 3. The van der Waals surface area contributed by atoms with E-state index in [1.165, 1.54) is 5.56 Å². The van der Waals surface area contributed by atoms with Crippen LogP contribution in [-0.4, -0.2) is 27.9 Å². The number of rotatable bonds is 6. The lowest BCUT2D eigenvalue weighted by molar-refractivity contribution is 0.0963. The van der Waals surface area contributed by atoms with Crippen molar-refractivity contribution in [2.75, 3.05) is 7.05 Å².